The number of nitrogens with zero attached hydrogens (tertiary/aromatic N) is 6. The van der Waals surface area contributed by atoms with Gasteiger partial charge in [0, 0.05) is 0 Å². The van der Waals surface area contributed by atoms with E-state index >= 15 is 0 Å². The summed E-state index contributed by atoms with van der Waals surface area (Å²) in [5, 5.41) is 0. The molecule has 1 aromatic carbocycles. The number of azide groups is 1. The van der Waals surface area contributed by atoms with E-state index < -0.39 is 23.3 Å². The van der Waals surface area contributed by atoms with Crippen molar-refractivity contribution in [2.24, 2.45) is 5.85 Å². The number of hydrogen-bond acceptors (Lipinski definition) is 2. The van der Waals surface area contributed by atoms with Crippen molar-refractivity contribution in [2.75, 3.05) is 0 Å². The molecule has 62 valence electrons. The molecule has 0 amide bonds. The van der Waals surface area contributed by atoms with Gasteiger partial charge < -0.3 is 0 Å². The average molecular weight is 366 g/mol. The van der Waals surface area contributed by atoms with Gasteiger partial charge in [-0.1, -0.05) is 0 Å². The first-order chi connectivity index (χ1) is 6.38. The molecule has 0 atom stereocenters. The maximum absolute atomic E-state index is 8.26. The van der Waals surface area contributed by atoms with Gasteiger partial charge in [-0.2, -0.15) is 0 Å². The Balaban J connectivity index is 3.01. The fourth-order valence-corrected chi connectivity index (χ4v) is 5.06. The van der Waals surface area contributed by atoms with Crippen molar-refractivity contribution in [3.63, 3.8) is 0 Å². The Morgan fingerprint density at radius 2 is 1.54 bits per heavy atom. The molecule has 0 fully saturated rings. The molecule has 0 bridgehead atoms. The van der Waals surface area contributed by atoms with Crippen molar-refractivity contribution < 1.29 is 0 Å². The molecule has 0 N–H and O–H groups in total. The summed E-state index contributed by atoms with van der Waals surface area (Å²) in [5.74, 6) is 0. The van der Waals surface area contributed by atoms with Crippen LogP contribution in [0.3, 0.4) is 0 Å². The standard InChI is InChI=1S/C6H5.2N3.Tl/c1-2-4-6-5-3-1;2*1-3-2;/h1-5H;;;/q;2*-1;+2. The van der Waals surface area contributed by atoms with Crippen LogP contribution in [0.1, 0.15) is 0 Å². The van der Waals surface area contributed by atoms with Gasteiger partial charge in [-0.25, -0.2) is 0 Å². The molecular weight excluding hydrogens is 360 g/mol. The minimum absolute atomic E-state index is 0.901. The first-order valence-corrected chi connectivity index (χ1v) is 9.78. The van der Waals surface area contributed by atoms with Gasteiger partial charge >= 0.3 is 83.5 Å². The summed E-state index contributed by atoms with van der Waals surface area (Å²) in [7, 11) is 0. The van der Waals surface area contributed by atoms with Crippen LogP contribution < -0.4 is 3.12 Å². The third-order valence-electron chi connectivity index (χ3n) is 1.42. The van der Waals surface area contributed by atoms with Gasteiger partial charge in [-0.15, -0.1) is 0 Å². The van der Waals surface area contributed by atoms with E-state index in [0.717, 1.165) is 3.12 Å². The molecule has 0 aromatic heterocycles. The van der Waals surface area contributed by atoms with Crippen molar-refractivity contribution >= 4 is 26.4 Å². The molecule has 0 aliphatic carbocycles. The Morgan fingerprint density at radius 1 is 1.00 bits per heavy atom. The quantitative estimate of drug-likeness (QED) is 0.339. The molecule has 13 heavy (non-hydrogen) atoms. The predicted octanol–water partition coefficient (Wildman–Crippen LogP) is 2.00. The monoisotopic (exact) mass is 366 g/mol. The van der Waals surface area contributed by atoms with Gasteiger partial charge in [0.1, 0.15) is 0 Å². The molecule has 1 rings (SSSR count). The van der Waals surface area contributed by atoms with Gasteiger partial charge in [-0.05, 0) is 0 Å². The Labute approximate surface area is 83.4 Å². The van der Waals surface area contributed by atoms with E-state index in [-0.39, 0.29) is 0 Å². The van der Waals surface area contributed by atoms with E-state index in [0.29, 0.717) is 0 Å². The van der Waals surface area contributed by atoms with Crippen LogP contribution in [0.25, 0.3) is 20.9 Å². The Bertz CT molecular complexity index is 346. The van der Waals surface area contributed by atoms with Crippen LogP contribution in [0.2, 0.25) is 0 Å². The van der Waals surface area contributed by atoms with Gasteiger partial charge in [0.25, 0.3) is 0 Å². The SMILES string of the molecule is [N-]=[N+]=[N][Tl]([N]=[N+]=[N-])[c]1ccccc1. The fraction of sp³-hybridized carbons (Fsp3) is 0. The molecule has 0 saturated heterocycles. The average Bonchev–Trinajstić information content (AvgIpc) is 2.19. The molecule has 0 unspecified atom stereocenters. The topological polar surface area (TPSA) is 97.5 Å². The minimum atomic E-state index is -3.00. The molecule has 7 heteroatoms. The number of hydrogen-bond donors (Lipinski definition) is 0. The Morgan fingerprint density at radius 3 is 2.00 bits per heavy atom. The van der Waals surface area contributed by atoms with E-state index in [2.05, 4.69) is 15.7 Å². The normalized spacial score (nSPS) is 8.00. The first kappa shape index (κ1) is 9.85. The van der Waals surface area contributed by atoms with E-state index in [1.165, 1.54) is 0 Å². The summed E-state index contributed by atoms with van der Waals surface area (Å²) in [6.07, 6.45) is 0. The van der Waals surface area contributed by atoms with Crippen LogP contribution in [0.5, 0.6) is 0 Å². The zero-order chi connectivity index (χ0) is 9.52. The van der Waals surface area contributed by atoms with Crippen molar-refractivity contribution in [1.29, 1.82) is 0 Å². The second-order valence-corrected chi connectivity index (χ2v) is 9.49. The van der Waals surface area contributed by atoms with Gasteiger partial charge in [0.2, 0.25) is 0 Å². The van der Waals surface area contributed by atoms with E-state index in [1.807, 2.05) is 30.3 Å². The van der Waals surface area contributed by atoms with E-state index in [1.54, 1.807) is 0 Å². The summed E-state index contributed by atoms with van der Waals surface area (Å²) >= 11 is -3.00. The molecule has 1 aromatic rings. The molecule has 6 nitrogen and oxygen atoms in total. The molecular formula is C6H5N6Tl. The zero-order valence-corrected chi connectivity index (χ0v) is 11.1. The molecule has 0 radical (unpaired) electrons. The molecule has 0 spiro atoms. The molecule has 0 saturated carbocycles. The Kier molecular flexibility index (Phi) is 4.10. The molecule has 0 aliphatic heterocycles. The third kappa shape index (κ3) is 2.94. The zero-order valence-electron chi connectivity index (χ0n) is 6.65. The van der Waals surface area contributed by atoms with Gasteiger partial charge in [0.15, 0.2) is 0 Å². The van der Waals surface area contributed by atoms with Crippen LogP contribution >= 0.6 is 0 Å². The number of benzene rings is 1. The summed E-state index contributed by atoms with van der Waals surface area (Å²) < 4.78 is 8.03. The van der Waals surface area contributed by atoms with Crippen LogP contribution in [0.4, 0.5) is 0 Å². The van der Waals surface area contributed by atoms with Crippen LogP contribution in [-0.4, -0.2) is 23.3 Å². The van der Waals surface area contributed by atoms with Crippen LogP contribution in [-0.2, 0) is 0 Å². The van der Waals surface area contributed by atoms with Gasteiger partial charge in [0.05, 0.1) is 0 Å². The van der Waals surface area contributed by atoms with Crippen molar-refractivity contribution in [2.45, 2.75) is 0 Å². The second-order valence-electron chi connectivity index (χ2n) is 2.19. The van der Waals surface area contributed by atoms with Crippen molar-refractivity contribution in [3.05, 3.63) is 51.2 Å². The van der Waals surface area contributed by atoms with Crippen molar-refractivity contribution in [3.8, 4) is 0 Å². The maximum atomic E-state index is 8.26. The predicted molar refractivity (Wildman–Crippen MR) is 50.1 cm³/mol. The summed E-state index contributed by atoms with van der Waals surface area (Å²) in [4.78, 5) is 5.38. The van der Waals surface area contributed by atoms with Gasteiger partial charge in [-0.3, -0.25) is 0 Å². The molecule has 0 aliphatic rings. The fourth-order valence-electron chi connectivity index (χ4n) is 0.879. The van der Waals surface area contributed by atoms with E-state index in [9.17, 15) is 0 Å². The van der Waals surface area contributed by atoms with E-state index in [4.69, 9.17) is 11.1 Å². The third-order valence-corrected chi connectivity index (χ3v) is 7.74. The summed E-state index contributed by atoms with van der Waals surface area (Å²) in [5.41, 5.74) is 16.5. The van der Waals surface area contributed by atoms with Crippen molar-refractivity contribution in [1.82, 2.24) is 0 Å². The van der Waals surface area contributed by atoms with Crippen LogP contribution in [0.15, 0.2) is 36.2 Å². The van der Waals surface area contributed by atoms with Crippen LogP contribution in [0, 0.1) is 0 Å². The number of rotatable bonds is 3. The molecule has 0 heterocycles. The summed E-state index contributed by atoms with van der Waals surface area (Å²) in [6.45, 7) is 0. The summed E-state index contributed by atoms with van der Waals surface area (Å²) in [6, 6.07) is 9.19. The first-order valence-electron chi connectivity index (χ1n) is 3.52. The Hall–Kier alpha value is -1.24. The second kappa shape index (κ2) is 5.42.